The van der Waals surface area contributed by atoms with E-state index < -0.39 is 0 Å². The van der Waals surface area contributed by atoms with Crippen molar-refractivity contribution in [2.45, 2.75) is 19.1 Å². The number of hydrogen-bond donors (Lipinski definition) is 1. The second-order valence-electron chi connectivity index (χ2n) is 5.20. The lowest BCUT2D eigenvalue weighted by Crippen LogP contribution is -2.28. The maximum Gasteiger partial charge on any atom is 0.228 e. The molecule has 1 unspecified atom stereocenters. The van der Waals surface area contributed by atoms with E-state index in [1.54, 1.807) is 4.90 Å². The molecule has 21 heavy (non-hydrogen) atoms. The number of nitrogens with two attached hydrogens (primary N) is 1. The Morgan fingerprint density at radius 1 is 1.10 bits per heavy atom. The highest BCUT2D eigenvalue weighted by atomic mass is 16.5. The molecule has 0 aromatic heterocycles. The lowest BCUT2D eigenvalue weighted by Gasteiger charge is -2.20. The van der Waals surface area contributed by atoms with E-state index in [1.165, 1.54) is 0 Å². The highest BCUT2D eigenvalue weighted by molar-refractivity contribution is 5.96. The third-order valence-electron chi connectivity index (χ3n) is 3.57. The summed E-state index contributed by atoms with van der Waals surface area (Å²) in [6.07, 6.45) is 0.411. The summed E-state index contributed by atoms with van der Waals surface area (Å²) in [5.41, 5.74) is 7.76. The Morgan fingerprint density at radius 3 is 2.52 bits per heavy atom. The van der Waals surface area contributed by atoms with Crippen molar-refractivity contribution < 1.29 is 9.53 Å². The zero-order valence-corrected chi connectivity index (χ0v) is 11.7. The van der Waals surface area contributed by atoms with Crippen molar-refractivity contribution in [3.63, 3.8) is 0 Å². The number of hydrogen-bond acceptors (Lipinski definition) is 3. The molecule has 1 aliphatic heterocycles. The van der Waals surface area contributed by atoms with Crippen LogP contribution in [0.25, 0.3) is 0 Å². The standard InChI is InChI=1S/C17H18N2O2/c18-14-10-17(20)19(11-14)16-9-5-4-6-13(16)12-21-15-7-2-1-3-8-15/h1-9,14H,10-12,18H2. The number of carbonyl (C=O) groups is 1. The van der Waals surface area contributed by atoms with Crippen LogP contribution in [0.4, 0.5) is 5.69 Å². The monoisotopic (exact) mass is 282 g/mol. The number of rotatable bonds is 4. The Kier molecular flexibility index (Phi) is 3.88. The number of para-hydroxylation sites is 2. The van der Waals surface area contributed by atoms with Crippen LogP contribution in [-0.4, -0.2) is 18.5 Å². The summed E-state index contributed by atoms with van der Waals surface area (Å²) in [5, 5.41) is 0. The molecule has 2 aromatic rings. The summed E-state index contributed by atoms with van der Waals surface area (Å²) in [6.45, 7) is 1.00. The molecule has 2 aromatic carbocycles. The van der Waals surface area contributed by atoms with Crippen LogP contribution in [0.2, 0.25) is 0 Å². The van der Waals surface area contributed by atoms with E-state index in [-0.39, 0.29) is 11.9 Å². The smallest absolute Gasteiger partial charge is 0.228 e. The quantitative estimate of drug-likeness (QED) is 0.936. The van der Waals surface area contributed by atoms with Crippen molar-refractivity contribution in [1.82, 2.24) is 0 Å². The molecule has 0 aliphatic carbocycles. The van der Waals surface area contributed by atoms with E-state index in [0.717, 1.165) is 17.0 Å². The van der Waals surface area contributed by atoms with Gasteiger partial charge in [0.25, 0.3) is 0 Å². The van der Waals surface area contributed by atoms with Gasteiger partial charge in [0.05, 0.1) is 5.69 Å². The Balaban J connectivity index is 1.78. The molecule has 108 valence electrons. The first kappa shape index (κ1) is 13.6. The Morgan fingerprint density at radius 2 is 1.81 bits per heavy atom. The highest BCUT2D eigenvalue weighted by Gasteiger charge is 2.29. The zero-order chi connectivity index (χ0) is 14.7. The van der Waals surface area contributed by atoms with Gasteiger partial charge < -0.3 is 15.4 Å². The van der Waals surface area contributed by atoms with Crippen LogP contribution in [0.1, 0.15) is 12.0 Å². The van der Waals surface area contributed by atoms with Gasteiger partial charge in [0.15, 0.2) is 0 Å². The molecule has 0 radical (unpaired) electrons. The van der Waals surface area contributed by atoms with Gasteiger partial charge in [-0.3, -0.25) is 4.79 Å². The Labute approximate surface area is 124 Å². The average Bonchev–Trinajstić information content (AvgIpc) is 2.85. The molecule has 2 N–H and O–H groups in total. The summed E-state index contributed by atoms with van der Waals surface area (Å²) < 4.78 is 5.79. The molecule has 4 nitrogen and oxygen atoms in total. The van der Waals surface area contributed by atoms with E-state index in [1.807, 2.05) is 54.6 Å². The van der Waals surface area contributed by atoms with Gasteiger partial charge in [-0.1, -0.05) is 36.4 Å². The van der Waals surface area contributed by atoms with Crippen LogP contribution in [0, 0.1) is 0 Å². The second-order valence-corrected chi connectivity index (χ2v) is 5.20. The van der Waals surface area contributed by atoms with Crippen molar-refractivity contribution in [1.29, 1.82) is 0 Å². The zero-order valence-electron chi connectivity index (χ0n) is 11.7. The molecule has 1 aliphatic rings. The van der Waals surface area contributed by atoms with Gasteiger partial charge >= 0.3 is 0 Å². The predicted molar refractivity (Wildman–Crippen MR) is 82.2 cm³/mol. The number of carbonyl (C=O) groups excluding carboxylic acids is 1. The minimum absolute atomic E-state index is 0.0784. The predicted octanol–water partition coefficient (Wildman–Crippen LogP) is 2.33. The molecule has 1 fully saturated rings. The van der Waals surface area contributed by atoms with Gasteiger partial charge in [-0.2, -0.15) is 0 Å². The summed E-state index contributed by atoms with van der Waals surface area (Å²) in [6, 6.07) is 17.4. The number of benzene rings is 2. The summed E-state index contributed by atoms with van der Waals surface area (Å²) in [4.78, 5) is 13.8. The second kappa shape index (κ2) is 5.97. The molecular formula is C17H18N2O2. The van der Waals surface area contributed by atoms with Gasteiger partial charge in [0, 0.05) is 24.6 Å². The summed E-state index contributed by atoms with van der Waals surface area (Å²) >= 11 is 0. The fraction of sp³-hybridized carbons (Fsp3) is 0.235. The number of amides is 1. The molecular weight excluding hydrogens is 264 g/mol. The molecule has 1 amide bonds. The Bertz CT molecular complexity index is 628. The molecule has 0 bridgehead atoms. The van der Waals surface area contributed by atoms with Crippen LogP contribution in [-0.2, 0) is 11.4 Å². The topological polar surface area (TPSA) is 55.6 Å². The van der Waals surface area contributed by atoms with Crippen LogP contribution < -0.4 is 15.4 Å². The number of ether oxygens (including phenoxy) is 1. The third kappa shape index (κ3) is 3.06. The first-order valence-corrected chi connectivity index (χ1v) is 7.06. The maximum atomic E-state index is 12.0. The number of anilines is 1. The first-order valence-electron chi connectivity index (χ1n) is 7.06. The minimum Gasteiger partial charge on any atom is -0.489 e. The van der Waals surface area contributed by atoms with E-state index in [9.17, 15) is 4.79 Å². The van der Waals surface area contributed by atoms with Gasteiger partial charge in [-0.25, -0.2) is 0 Å². The molecule has 0 spiro atoms. The molecule has 1 heterocycles. The lowest BCUT2D eigenvalue weighted by atomic mass is 10.1. The van der Waals surface area contributed by atoms with Gasteiger partial charge in [-0.05, 0) is 18.2 Å². The van der Waals surface area contributed by atoms with Crippen molar-refractivity contribution in [2.24, 2.45) is 5.73 Å². The molecule has 3 rings (SSSR count). The van der Waals surface area contributed by atoms with E-state index in [2.05, 4.69) is 0 Å². The van der Waals surface area contributed by atoms with Crippen LogP contribution in [0.15, 0.2) is 54.6 Å². The van der Waals surface area contributed by atoms with Gasteiger partial charge in [0.2, 0.25) is 5.91 Å². The summed E-state index contributed by atoms with van der Waals surface area (Å²) in [5.74, 6) is 0.895. The van der Waals surface area contributed by atoms with Crippen LogP contribution in [0.3, 0.4) is 0 Å². The van der Waals surface area contributed by atoms with Crippen molar-refractivity contribution in [2.75, 3.05) is 11.4 Å². The molecule has 1 atom stereocenters. The van der Waals surface area contributed by atoms with E-state index in [4.69, 9.17) is 10.5 Å². The highest BCUT2D eigenvalue weighted by Crippen LogP contribution is 2.26. The first-order chi connectivity index (χ1) is 10.2. The number of nitrogens with zero attached hydrogens (tertiary/aromatic N) is 1. The Hall–Kier alpha value is -2.33. The maximum absolute atomic E-state index is 12.0. The SMILES string of the molecule is NC1CC(=O)N(c2ccccc2COc2ccccc2)C1. The van der Waals surface area contributed by atoms with Crippen LogP contribution >= 0.6 is 0 Å². The molecule has 0 saturated carbocycles. The summed E-state index contributed by atoms with van der Waals surface area (Å²) in [7, 11) is 0. The fourth-order valence-corrected chi connectivity index (χ4v) is 2.54. The molecule has 4 heteroatoms. The van der Waals surface area contributed by atoms with Gasteiger partial charge in [-0.15, -0.1) is 0 Å². The average molecular weight is 282 g/mol. The van der Waals surface area contributed by atoms with Gasteiger partial charge in [0.1, 0.15) is 12.4 Å². The van der Waals surface area contributed by atoms with Crippen molar-refractivity contribution in [3.05, 3.63) is 60.2 Å². The third-order valence-corrected chi connectivity index (χ3v) is 3.57. The normalized spacial score (nSPS) is 18.0. The van der Waals surface area contributed by atoms with Crippen LogP contribution in [0.5, 0.6) is 5.75 Å². The molecule has 1 saturated heterocycles. The minimum atomic E-state index is -0.0828. The van der Waals surface area contributed by atoms with Crippen molar-refractivity contribution >= 4 is 11.6 Å². The fourth-order valence-electron chi connectivity index (χ4n) is 2.54. The van der Waals surface area contributed by atoms with Crippen molar-refractivity contribution in [3.8, 4) is 5.75 Å². The lowest BCUT2D eigenvalue weighted by molar-refractivity contribution is -0.117. The largest absolute Gasteiger partial charge is 0.489 e. The van der Waals surface area contributed by atoms with E-state index in [0.29, 0.717) is 19.6 Å². The van der Waals surface area contributed by atoms with E-state index >= 15 is 0 Å².